The molecule has 0 aliphatic carbocycles. The number of carbonyl (C=O) groups excluding carboxylic acids is 2. The van der Waals surface area contributed by atoms with Gasteiger partial charge in [-0.05, 0) is 62.1 Å². The third kappa shape index (κ3) is 5.74. The predicted octanol–water partition coefficient (Wildman–Crippen LogP) is 4.47. The Kier molecular flexibility index (Phi) is 7.28. The lowest BCUT2D eigenvalue weighted by atomic mass is 9.98. The van der Waals surface area contributed by atoms with Gasteiger partial charge in [0.25, 0.3) is 0 Å². The van der Waals surface area contributed by atoms with Crippen molar-refractivity contribution in [3.8, 4) is 11.5 Å². The highest BCUT2D eigenvalue weighted by Gasteiger charge is 2.22. The number of hydrogen-bond acceptors (Lipinski definition) is 6. The third-order valence-electron chi connectivity index (χ3n) is 4.83. The molecule has 0 bridgehead atoms. The van der Waals surface area contributed by atoms with E-state index in [2.05, 4.69) is 13.2 Å². The van der Waals surface area contributed by atoms with Crippen molar-refractivity contribution < 1.29 is 28.9 Å². The Labute approximate surface area is 187 Å². The van der Waals surface area contributed by atoms with Crippen LogP contribution in [-0.2, 0) is 20.7 Å². The summed E-state index contributed by atoms with van der Waals surface area (Å²) >= 11 is 0. The van der Waals surface area contributed by atoms with Gasteiger partial charge in [-0.3, -0.25) is 0 Å². The van der Waals surface area contributed by atoms with Gasteiger partial charge in [0, 0.05) is 22.3 Å². The first-order valence-electron chi connectivity index (χ1n) is 10.2. The van der Waals surface area contributed by atoms with Crippen molar-refractivity contribution in [2.24, 2.45) is 0 Å². The van der Waals surface area contributed by atoms with Gasteiger partial charge in [-0.25, -0.2) is 9.59 Å². The van der Waals surface area contributed by atoms with Crippen molar-refractivity contribution in [2.45, 2.75) is 33.0 Å². The van der Waals surface area contributed by atoms with Gasteiger partial charge < -0.3 is 19.3 Å². The summed E-state index contributed by atoms with van der Waals surface area (Å²) in [6, 6.07) is 12.6. The SMILES string of the molecule is C=C(C)C(=O)OCCCc1ccc2c(c1)OC(O)C(c1ccc(OC(=O)C(=C)C)cc1)=C2. The lowest BCUT2D eigenvalue weighted by Gasteiger charge is -2.24. The number of esters is 2. The van der Waals surface area contributed by atoms with E-state index in [0.717, 1.165) is 16.7 Å². The zero-order valence-corrected chi connectivity index (χ0v) is 18.2. The van der Waals surface area contributed by atoms with Crippen molar-refractivity contribution in [2.75, 3.05) is 6.61 Å². The number of aliphatic hydroxyl groups is 1. The van der Waals surface area contributed by atoms with Crippen LogP contribution in [0.3, 0.4) is 0 Å². The van der Waals surface area contributed by atoms with Crippen molar-refractivity contribution in [3.05, 3.63) is 83.5 Å². The van der Waals surface area contributed by atoms with Crippen LogP contribution in [0.1, 0.15) is 37.0 Å². The topological polar surface area (TPSA) is 82.1 Å². The minimum Gasteiger partial charge on any atom is -0.462 e. The Morgan fingerprint density at radius 1 is 1.03 bits per heavy atom. The maximum absolute atomic E-state index is 11.6. The fraction of sp³-hybridized carbons (Fsp3) is 0.231. The van der Waals surface area contributed by atoms with Crippen LogP contribution in [0.5, 0.6) is 11.5 Å². The molecule has 6 nitrogen and oxygen atoms in total. The van der Waals surface area contributed by atoms with E-state index >= 15 is 0 Å². The Bertz CT molecular complexity index is 1080. The number of rotatable bonds is 8. The minimum absolute atomic E-state index is 0.313. The summed E-state index contributed by atoms with van der Waals surface area (Å²) in [5.41, 5.74) is 3.92. The van der Waals surface area contributed by atoms with E-state index < -0.39 is 12.3 Å². The molecule has 0 aromatic heterocycles. The van der Waals surface area contributed by atoms with Crippen molar-refractivity contribution in [1.82, 2.24) is 0 Å². The molecule has 1 unspecified atom stereocenters. The molecule has 3 rings (SSSR count). The molecule has 1 atom stereocenters. The molecule has 0 radical (unpaired) electrons. The molecular formula is C26H26O6. The number of benzene rings is 2. The Balaban J connectivity index is 1.67. The molecule has 0 spiro atoms. The minimum atomic E-state index is -1.13. The molecule has 0 fully saturated rings. The smallest absolute Gasteiger partial charge is 0.338 e. The van der Waals surface area contributed by atoms with Gasteiger partial charge in [-0.2, -0.15) is 0 Å². The molecule has 1 heterocycles. The van der Waals surface area contributed by atoms with Crippen LogP contribution in [0.25, 0.3) is 11.6 Å². The van der Waals surface area contributed by atoms with Crippen LogP contribution < -0.4 is 9.47 Å². The van der Waals surface area contributed by atoms with Crippen LogP contribution >= 0.6 is 0 Å². The molecule has 166 valence electrons. The molecule has 2 aromatic carbocycles. The molecule has 0 saturated heterocycles. The molecule has 6 heteroatoms. The van der Waals surface area contributed by atoms with Crippen molar-refractivity contribution in [1.29, 1.82) is 0 Å². The second-order valence-electron chi connectivity index (χ2n) is 7.66. The van der Waals surface area contributed by atoms with Gasteiger partial charge in [0.1, 0.15) is 11.5 Å². The van der Waals surface area contributed by atoms with E-state index in [1.54, 1.807) is 38.1 Å². The molecule has 1 aliphatic rings. The average molecular weight is 434 g/mol. The van der Waals surface area contributed by atoms with E-state index in [0.29, 0.717) is 47.7 Å². The zero-order chi connectivity index (χ0) is 23.3. The van der Waals surface area contributed by atoms with Gasteiger partial charge >= 0.3 is 11.9 Å². The van der Waals surface area contributed by atoms with Crippen LogP contribution in [0.2, 0.25) is 0 Å². The van der Waals surface area contributed by atoms with E-state index in [9.17, 15) is 14.7 Å². The van der Waals surface area contributed by atoms with Crippen LogP contribution in [0.4, 0.5) is 0 Å². The summed E-state index contributed by atoms with van der Waals surface area (Å²) < 4.78 is 16.0. The van der Waals surface area contributed by atoms with Gasteiger partial charge in [-0.1, -0.05) is 37.4 Å². The highest BCUT2D eigenvalue weighted by atomic mass is 16.6. The number of aryl methyl sites for hydroxylation is 1. The quantitative estimate of drug-likeness (QED) is 0.286. The maximum Gasteiger partial charge on any atom is 0.338 e. The Morgan fingerprint density at radius 3 is 2.38 bits per heavy atom. The average Bonchev–Trinajstić information content (AvgIpc) is 2.76. The monoisotopic (exact) mass is 434 g/mol. The second kappa shape index (κ2) is 10.1. The molecule has 1 aliphatic heterocycles. The molecular weight excluding hydrogens is 408 g/mol. The third-order valence-corrected chi connectivity index (χ3v) is 4.83. The zero-order valence-electron chi connectivity index (χ0n) is 18.2. The summed E-state index contributed by atoms with van der Waals surface area (Å²) in [4.78, 5) is 23.1. The summed E-state index contributed by atoms with van der Waals surface area (Å²) in [5, 5.41) is 10.5. The van der Waals surface area contributed by atoms with Crippen LogP contribution in [-0.4, -0.2) is 29.9 Å². The first kappa shape index (κ1) is 23.0. The molecule has 0 amide bonds. The number of hydrogen-bond donors (Lipinski definition) is 1. The Hall–Kier alpha value is -3.64. The second-order valence-corrected chi connectivity index (χ2v) is 7.66. The first-order chi connectivity index (χ1) is 15.2. The molecule has 1 N–H and O–H groups in total. The summed E-state index contributed by atoms with van der Waals surface area (Å²) in [5.74, 6) is 0.107. The maximum atomic E-state index is 11.6. The molecule has 0 saturated carbocycles. The first-order valence-corrected chi connectivity index (χ1v) is 10.2. The van der Waals surface area contributed by atoms with Crippen LogP contribution in [0.15, 0.2) is 66.8 Å². The van der Waals surface area contributed by atoms with Crippen LogP contribution in [0, 0.1) is 0 Å². The number of carbonyl (C=O) groups is 2. The summed E-state index contributed by atoms with van der Waals surface area (Å²) in [6.45, 7) is 10.6. The van der Waals surface area contributed by atoms with Crippen molar-refractivity contribution in [3.63, 3.8) is 0 Å². The molecule has 2 aromatic rings. The number of aliphatic hydroxyl groups excluding tert-OH is 1. The Morgan fingerprint density at radius 2 is 1.72 bits per heavy atom. The van der Waals surface area contributed by atoms with E-state index in [1.807, 2.05) is 24.3 Å². The fourth-order valence-corrected chi connectivity index (χ4v) is 3.08. The van der Waals surface area contributed by atoms with Gasteiger partial charge in [0.2, 0.25) is 6.29 Å². The summed E-state index contributed by atoms with van der Waals surface area (Å²) in [7, 11) is 0. The van der Waals surface area contributed by atoms with Gasteiger partial charge in [-0.15, -0.1) is 0 Å². The van der Waals surface area contributed by atoms with Gasteiger partial charge in [0.05, 0.1) is 6.61 Å². The van der Waals surface area contributed by atoms with Gasteiger partial charge in [0.15, 0.2) is 0 Å². The largest absolute Gasteiger partial charge is 0.462 e. The lowest BCUT2D eigenvalue weighted by molar-refractivity contribution is -0.139. The highest BCUT2D eigenvalue weighted by Crippen LogP contribution is 2.35. The fourth-order valence-electron chi connectivity index (χ4n) is 3.08. The normalized spacial score (nSPS) is 14.5. The van der Waals surface area contributed by atoms with E-state index in [4.69, 9.17) is 14.2 Å². The standard InChI is InChI=1S/C26H26O6/c1-16(2)24(27)30-13-5-6-18-7-8-20-15-22(26(29)32-23(20)14-18)19-9-11-21(12-10-19)31-25(28)17(3)4/h7-12,14-15,26,29H,1,3,5-6,13H2,2,4H3. The summed E-state index contributed by atoms with van der Waals surface area (Å²) in [6.07, 6.45) is 2.12. The van der Waals surface area contributed by atoms with E-state index in [-0.39, 0.29) is 5.97 Å². The molecule has 32 heavy (non-hydrogen) atoms. The predicted molar refractivity (Wildman–Crippen MR) is 122 cm³/mol. The number of fused-ring (bicyclic) bond motifs is 1. The number of ether oxygens (including phenoxy) is 3. The lowest BCUT2D eigenvalue weighted by Crippen LogP contribution is -2.21. The van der Waals surface area contributed by atoms with Crippen molar-refractivity contribution >= 4 is 23.6 Å². The van der Waals surface area contributed by atoms with E-state index in [1.165, 1.54) is 0 Å². The highest BCUT2D eigenvalue weighted by molar-refractivity contribution is 5.89.